The SMILES string of the molecule is FC(F)(F)C1CCN(c2nc(OCCNCc3ccccc3)nc3c2nc(-c2ccccc2Cl)n3-c2ccc(Cl)cc2)CC1. The number of benzene rings is 3. The first-order valence-corrected chi connectivity index (χ1v) is 15.0. The van der Waals surface area contributed by atoms with Gasteiger partial charge in [0, 0.05) is 42.5 Å². The summed E-state index contributed by atoms with van der Waals surface area (Å²) < 4.78 is 48.3. The lowest BCUT2D eigenvalue weighted by Crippen LogP contribution is -2.39. The molecular formula is C32H29Cl2F3N6O. The minimum atomic E-state index is -4.23. The molecule has 0 saturated carbocycles. The van der Waals surface area contributed by atoms with Crippen LogP contribution in [0.2, 0.25) is 10.0 Å². The van der Waals surface area contributed by atoms with Gasteiger partial charge >= 0.3 is 12.2 Å². The van der Waals surface area contributed by atoms with Crippen LogP contribution in [-0.4, -0.2) is 51.9 Å². The average Bonchev–Trinajstić information content (AvgIpc) is 3.40. The van der Waals surface area contributed by atoms with Gasteiger partial charge in [-0.2, -0.15) is 23.1 Å². The number of imidazole rings is 1. The van der Waals surface area contributed by atoms with Gasteiger partial charge in [-0.25, -0.2) is 4.98 Å². The highest BCUT2D eigenvalue weighted by atomic mass is 35.5. The van der Waals surface area contributed by atoms with Gasteiger partial charge in [0.1, 0.15) is 12.4 Å². The number of nitrogens with one attached hydrogen (secondary N) is 1. The molecule has 3 heterocycles. The molecule has 0 bridgehead atoms. The van der Waals surface area contributed by atoms with Crippen LogP contribution < -0.4 is 15.0 Å². The van der Waals surface area contributed by atoms with Crippen molar-refractivity contribution >= 4 is 40.2 Å². The molecule has 1 aliphatic heterocycles. The maximum Gasteiger partial charge on any atom is 0.391 e. The van der Waals surface area contributed by atoms with E-state index < -0.39 is 12.1 Å². The Bertz CT molecular complexity index is 1720. The van der Waals surface area contributed by atoms with Gasteiger partial charge in [0.05, 0.1) is 10.9 Å². The van der Waals surface area contributed by atoms with Crippen LogP contribution in [0.15, 0.2) is 78.9 Å². The molecule has 3 aromatic carbocycles. The third kappa shape index (κ3) is 6.62. The van der Waals surface area contributed by atoms with Crippen LogP contribution in [0.3, 0.4) is 0 Å². The molecule has 1 saturated heterocycles. The van der Waals surface area contributed by atoms with E-state index in [0.29, 0.717) is 51.5 Å². The molecule has 1 N–H and O–H groups in total. The highest BCUT2D eigenvalue weighted by molar-refractivity contribution is 6.33. The molecule has 44 heavy (non-hydrogen) atoms. The maximum absolute atomic E-state index is 13.5. The zero-order valence-electron chi connectivity index (χ0n) is 23.6. The second-order valence-electron chi connectivity index (χ2n) is 10.5. The number of anilines is 1. The molecule has 0 unspecified atom stereocenters. The van der Waals surface area contributed by atoms with Crippen LogP contribution in [0.5, 0.6) is 6.01 Å². The summed E-state index contributed by atoms with van der Waals surface area (Å²) in [5.41, 5.74) is 3.42. The first-order valence-electron chi connectivity index (χ1n) is 14.3. The van der Waals surface area contributed by atoms with Crippen molar-refractivity contribution in [2.24, 2.45) is 5.92 Å². The Balaban J connectivity index is 1.39. The van der Waals surface area contributed by atoms with Crippen molar-refractivity contribution in [1.29, 1.82) is 0 Å². The predicted octanol–water partition coefficient (Wildman–Crippen LogP) is 7.74. The molecule has 2 aromatic heterocycles. The Morgan fingerprint density at radius 2 is 1.57 bits per heavy atom. The normalized spacial score (nSPS) is 14.3. The zero-order valence-corrected chi connectivity index (χ0v) is 25.1. The van der Waals surface area contributed by atoms with Crippen molar-refractivity contribution < 1.29 is 17.9 Å². The van der Waals surface area contributed by atoms with Crippen LogP contribution in [0, 0.1) is 5.92 Å². The van der Waals surface area contributed by atoms with Gasteiger partial charge in [-0.1, -0.05) is 65.7 Å². The Morgan fingerprint density at radius 3 is 2.27 bits per heavy atom. The Labute approximate surface area is 262 Å². The molecular weight excluding hydrogens is 612 g/mol. The fourth-order valence-corrected chi connectivity index (χ4v) is 5.68. The van der Waals surface area contributed by atoms with Crippen molar-refractivity contribution in [3.8, 4) is 23.1 Å². The standard InChI is InChI=1S/C32H29Cl2F3N6O/c33-23-10-12-24(13-11-23)43-28(25-8-4-5-9-26(25)34)39-27-29(42-17-14-22(15-18-42)32(35,36)37)40-31(41-30(27)43)44-19-16-38-20-21-6-2-1-3-7-21/h1-13,22,38H,14-20H2. The minimum absolute atomic E-state index is 0.0378. The molecule has 5 aromatic rings. The molecule has 6 rings (SSSR count). The second kappa shape index (κ2) is 13.0. The third-order valence-corrected chi connectivity index (χ3v) is 8.19. The smallest absolute Gasteiger partial charge is 0.391 e. The van der Waals surface area contributed by atoms with Crippen LogP contribution >= 0.6 is 23.2 Å². The van der Waals surface area contributed by atoms with Gasteiger partial charge in [-0.05, 0) is 54.8 Å². The van der Waals surface area contributed by atoms with Crippen LogP contribution in [0.1, 0.15) is 18.4 Å². The van der Waals surface area contributed by atoms with Crippen LogP contribution in [-0.2, 0) is 6.54 Å². The molecule has 0 aliphatic carbocycles. The number of ether oxygens (including phenoxy) is 1. The fourth-order valence-electron chi connectivity index (χ4n) is 5.33. The summed E-state index contributed by atoms with van der Waals surface area (Å²) in [5.74, 6) is -0.424. The molecule has 0 amide bonds. The number of rotatable bonds is 9. The monoisotopic (exact) mass is 640 g/mol. The van der Waals surface area contributed by atoms with E-state index in [1.165, 1.54) is 0 Å². The summed E-state index contributed by atoms with van der Waals surface area (Å²) in [6, 6.07) is 24.6. The molecule has 228 valence electrons. The van der Waals surface area contributed by atoms with E-state index in [1.54, 1.807) is 18.2 Å². The molecule has 0 radical (unpaired) electrons. The van der Waals surface area contributed by atoms with E-state index >= 15 is 0 Å². The maximum atomic E-state index is 13.5. The van der Waals surface area contributed by atoms with Crippen molar-refractivity contribution in [3.05, 3.63) is 94.5 Å². The number of hydrogen-bond acceptors (Lipinski definition) is 6. The number of halogens is 5. The topological polar surface area (TPSA) is 68.1 Å². The number of alkyl halides is 3. The zero-order chi connectivity index (χ0) is 30.7. The van der Waals surface area contributed by atoms with E-state index in [4.69, 9.17) is 42.9 Å². The van der Waals surface area contributed by atoms with Gasteiger partial charge < -0.3 is 15.0 Å². The summed E-state index contributed by atoms with van der Waals surface area (Å²) >= 11 is 12.8. The summed E-state index contributed by atoms with van der Waals surface area (Å²) in [4.78, 5) is 16.3. The molecule has 12 heteroatoms. The second-order valence-corrected chi connectivity index (χ2v) is 11.4. The fraction of sp³-hybridized carbons (Fsp3) is 0.281. The third-order valence-electron chi connectivity index (χ3n) is 7.61. The highest BCUT2D eigenvalue weighted by Gasteiger charge is 2.41. The molecule has 0 atom stereocenters. The van der Waals surface area contributed by atoms with Crippen molar-refractivity contribution in [2.45, 2.75) is 25.6 Å². The first kappa shape index (κ1) is 30.2. The van der Waals surface area contributed by atoms with E-state index in [2.05, 4.69) is 5.32 Å². The number of aromatic nitrogens is 4. The summed E-state index contributed by atoms with van der Waals surface area (Å²) in [5, 5.41) is 4.39. The summed E-state index contributed by atoms with van der Waals surface area (Å²) in [6.45, 7) is 1.82. The molecule has 1 fully saturated rings. The van der Waals surface area contributed by atoms with E-state index in [9.17, 15) is 13.2 Å². The minimum Gasteiger partial charge on any atom is -0.462 e. The van der Waals surface area contributed by atoms with Gasteiger partial charge in [0.2, 0.25) is 0 Å². The summed E-state index contributed by atoms with van der Waals surface area (Å²) in [7, 11) is 0. The summed E-state index contributed by atoms with van der Waals surface area (Å²) in [6.07, 6.45) is -4.31. The lowest BCUT2D eigenvalue weighted by Gasteiger charge is -2.33. The number of fused-ring (bicyclic) bond motifs is 1. The molecule has 1 aliphatic rings. The van der Waals surface area contributed by atoms with E-state index in [1.807, 2.05) is 70.1 Å². The number of hydrogen-bond donors (Lipinski definition) is 1. The van der Waals surface area contributed by atoms with Gasteiger partial charge in [0.25, 0.3) is 0 Å². The Kier molecular flexibility index (Phi) is 8.93. The lowest BCUT2D eigenvalue weighted by atomic mass is 9.96. The van der Waals surface area contributed by atoms with Crippen molar-refractivity contribution in [2.75, 3.05) is 31.1 Å². The lowest BCUT2D eigenvalue weighted by molar-refractivity contribution is -0.179. The Hall–Kier alpha value is -3.86. The quantitative estimate of drug-likeness (QED) is 0.166. The van der Waals surface area contributed by atoms with E-state index in [-0.39, 0.29) is 38.5 Å². The molecule has 7 nitrogen and oxygen atoms in total. The average molecular weight is 642 g/mol. The molecule has 0 spiro atoms. The largest absolute Gasteiger partial charge is 0.462 e. The van der Waals surface area contributed by atoms with Crippen LogP contribution in [0.25, 0.3) is 28.2 Å². The van der Waals surface area contributed by atoms with Crippen molar-refractivity contribution in [1.82, 2.24) is 24.8 Å². The van der Waals surface area contributed by atoms with Crippen LogP contribution in [0.4, 0.5) is 19.0 Å². The first-order chi connectivity index (χ1) is 21.3. The number of piperidine rings is 1. The van der Waals surface area contributed by atoms with E-state index in [0.717, 1.165) is 11.3 Å². The van der Waals surface area contributed by atoms with Gasteiger partial charge in [0.15, 0.2) is 17.0 Å². The number of nitrogens with zero attached hydrogens (tertiary/aromatic N) is 5. The van der Waals surface area contributed by atoms with Gasteiger partial charge in [-0.15, -0.1) is 0 Å². The van der Waals surface area contributed by atoms with Crippen molar-refractivity contribution in [3.63, 3.8) is 0 Å². The Morgan fingerprint density at radius 1 is 0.864 bits per heavy atom. The predicted molar refractivity (Wildman–Crippen MR) is 167 cm³/mol. The highest BCUT2D eigenvalue weighted by Crippen LogP contribution is 2.39. The van der Waals surface area contributed by atoms with Gasteiger partial charge in [-0.3, -0.25) is 4.57 Å².